The van der Waals surface area contributed by atoms with Crippen molar-refractivity contribution in [3.8, 4) is 0 Å². The molecule has 4 nitrogen and oxygen atoms in total. The minimum Gasteiger partial charge on any atom is -0.361 e. The normalized spacial score (nSPS) is 10.8. The van der Waals surface area contributed by atoms with Crippen molar-refractivity contribution >= 4 is 33.2 Å². The highest BCUT2D eigenvalue weighted by Crippen LogP contribution is 2.28. The second kappa shape index (κ2) is 5.46. The van der Waals surface area contributed by atoms with Crippen LogP contribution >= 0.6 is 27.3 Å². The van der Waals surface area contributed by atoms with Crippen molar-refractivity contribution < 1.29 is 9.32 Å². The van der Waals surface area contributed by atoms with E-state index in [4.69, 9.17) is 4.52 Å². The summed E-state index contributed by atoms with van der Waals surface area (Å²) in [5, 5.41) is 3.90. The van der Waals surface area contributed by atoms with Gasteiger partial charge in [0.05, 0.1) is 20.9 Å². The summed E-state index contributed by atoms with van der Waals surface area (Å²) in [6.45, 7) is 6.23. The zero-order valence-corrected chi connectivity index (χ0v) is 13.7. The van der Waals surface area contributed by atoms with Gasteiger partial charge in [0.2, 0.25) is 0 Å². The zero-order chi connectivity index (χ0) is 14.2. The fraction of sp³-hybridized carbons (Fsp3) is 0.385. The molecule has 0 N–H and O–H groups in total. The second-order valence-electron chi connectivity index (χ2n) is 4.53. The first-order valence-electron chi connectivity index (χ1n) is 5.83. The first-order chi connectivity index (χ1) is 8.90. The molecule has 0 aliphatic heterocycles. The van der Waals surface area contributed by atoms with Crippen molar-refractivity contribution in [3.05, 3.63) is 37.3 Å². The quantitative estimate of drug-likeness (QED) is 0.854. The summed E-state index contributed by atoms with van der Waals surface area (Å²) in [4.78, 5) is 14.7. The summed E-state index contributed by atoms with van der Waals surface area (Å²) in [5.74, 6) is 0.777. The lowest BCUT2D eigenvalue weighted by Crippen LogP contribution is -2.25. The van der Waals surface area contributed by atoms with E-state index in [-0.39, 0.29) is 5.91 Å². The molecule has 0 saturated carbocycles. The van der Waals surface area contributed by atoms with Gasteiger partial charge >= 0.3 is 0 Å². The first-order valence-corrected chi connectivity index (χ1v) is 7.44. The first kappa shape index (κ1) is 14.3. The summed E-state index contributed by atoms with van der Waals surface area (Å²) in [6, 6.07) is 1.90. The second-order valence-corrected chi connectivity index (χ2v) is 6.90. The minimum atomic E-state index is 0.0128. The lowest BCUT2D eigenvalue weighted by molar-refractivity contribution is 0.0789. The van der Waals surface area contributed by atoms with Crippen LogP contribution in [-0.2, 0) is 6.54 Å². The number of hydrogen-bond donors (Lipinski definition) is 0. The number of aromatic nitrogens is 1. The molecule has 0 saturated heterocycles. The largest absolute Gasteiger partial charge is 0.361 e. The van der Waals surface area contributed by atoms with Crippen molar-refractivity contribution in [3.63, 3.8) is 0 Å². The molecular formula is C13H15BrN2O2S. The van der Waals surface area contributed by atoms with Gasteiger partial charge in [-0.3, -0.25) is 4.79 Å². The molecule has 0 radical (unpaired) electrons. The monoisotopic (exact) mass is 342 g/mol. The average Bonchev–Trinajstić information content (AvgIpc) is 2.85. The average molecular weight is 343 g/mol. The van der Waals surface area contributed by atoms with Crippen molar-refractivity contribution in [1.82, 2.24) is 10.1 Å². The smallest absolute Gasteiger partial charge is 0.264 e. The fourth-order valence-corrected chi connectivity index (χ4v) is 3.32. The van der Waals surface area contributed by atoms with E-state index in [1.54, 1.807) is 11.9 Å². The minimum absolute atomic E-state index is 0.0128. The Morgan fingerprint density at radius 2 is 2.16 bits per heavy atom. The highest BCUT2D eigenvalue weighted by Gasteiger charge is 2.18. The van der Waals surface area contributed by atoms with Gasteiger partial charge in [0.25, 0.3) is 5.91 Å². The van der Waals surface area contributed by atoms with Crippen LogP contribution in [0.5, 0.6) is 0 Å². The van der Waals surface area contributed by atoms with Gasteiger partial charge < -0.3 is 9.42 Å². The molecule has 2 heterocycles. The summed E-state index contributed by atoms with van der Waals surface area (Å²) in [7, 11) is 1.79. The molecular weight excluding hydrogens is 328 g/mol. The lowest BCUT2D eigenvalue weighted by atomic mass is 10.2. The number of thiophene rings is 1. The Kier molecular flexibility index (Phi) is 4.10. The summed E-state index contributed by atoms with van der Waals surface area (Å²) in [5.41, 5.74) is 2.89. The Balaban J connectivity index is 2.16. The Hall–Kier alpha value is -1.14. The number of hydrogen-bond acceptors (Lipinski definition) is 4. The molecule has 102 valence electrons. The number of carbonyl (C=O) groups excluding carboxylic acids is 1. The van der Waals surface area contributed by atoms with Crippen LogP contribution in [0.1, 0.15) is 32.3 Å². The third-order valence-electron chi connectivity index (χ3n) is 2.99. The molecule has 19 heavy (non-hydrogen) atoms. The van der Waals surface area contributed by atoms with Gasteiger partial charge in [-0.1, -0.05) is 5.16 Å². The van der Waals surface area contributed by atoms with Gasteiger partial charge in [-0.05, 0) is 48.3 Å². The van der Waals surface area contributed by atoms with Crippen LogP contribution in [0, 0.1) is 20.8 Å². The number of nitrogens with zero attached hydrogens (tertiary/aromatic N) is 2. The molecule has 0 spiro atoms. The third-order valence-corrected chi connectivity index (χ3v) is 5.12. The van der Waals surface area contributed by atoms with Gasteiger partial charge in [0.1, 0.15) is 5.76 Å². The van der Waals surface area contributed by atoms with Crippen LogP contribution in [0.25, 0.3) is 0 Å². The van der Waals surface area contributed by atoms with E-state index < -0.39 is 0 Å². The van der Waals surface area contributed by atoms with E-state index in [9.17, 15) is 4.79 Å². The Labute approximate surface area is 124 Å². The fourth-order valence-electron chi connectivity index (χ4n) is 1.79. The van der Waals surface area contributed by atoms with Gasteiger partial charge in [0, 0.05) is 12.6 Å². The standard InChI is InChI=1S/C13H15BrN2O2S/c1-7-5-11(19-12(7)14)13(17)16(4)6-10-8(2)15-18-9(10)3/h5H,6H2,1-4H3. The molecule has 6 heteroatoms. The van der Waals surface area contributed by atoms with E-state index in [1.807, 2.05) is 26.8 Å². The van der Waals surface area contributed by atoms with Crippen molar-refractivity contribution in [1.29, 1.82) is 0 Å². The molecule has 0 unspecified atom stereocenters. The molecule has 0 aliphatic rings. The molecule has 0 atom stereocenters. The lowest BCUT2D eigenvalue weighted by Gasteiger charge is -2.15. The highest BCUT2D eigenvalue weighted by molar-refractivity contribution is 9.11. The molecule has 0 aromatic carbocycles. The third kappa shape index (κ3) is 2.90. The Bertz CT molecular complexity index is 579. The number of rotatable bonds is 3. The zero-order valence-electron chi connectivity index (χ0n) is 11.3. The van der Waals surface area contributed by atoms with Crippen molar-refractivity contribution in [2.45, 2.75) is 27.3 Å². The maximum absolute atomic E-state index is 12.3. The van der Waals surface area contributed by atoms with E-state index in [0.29, 0.717) is 6.54 Å². The van der Waals surface area contributed by atoms with Crippen LogP contribution < -0.4 is 0 Å². The summed E-state index contributed by atoms with van der Waals surface area (Å²) >= 11 is 4.90. The van der Waals surface area contributed by atoms with Crippen LogP contribution in [0.2, 0.25) is 0 Å². The van der Waals surface area contributed by atoms with Gasteiger partial charge in [-0.25, -0.2) is 0 Å². The Morgan fingerprint density at radius 1 is 1.47 bits per heavy atom. The number of amides is 1. The van der Waals surface area contributed by atoms with Crippen molar-refractivity contribution in [2.24, 2.45) is 0 Å². The summed E-state index contributed by atoms with van der Waals surface area (Å²) in [6.07, 6.45) is 0. The molecule has 0 bridgehead atoms. The number of aryl methyl sites for hydroxylation is 3. The van der Waals surface area contributed by atoms with E-state index >= 15 is 0 Å². The highest BCUT2D eigenvalue weighted by atomic mass is 79.9. The predicted octanol–water partition coefficient (Wildman–Crippen LogP) is 3.70. The van der Waals surface area contributed by atoms with Gasteiger partial charge in [-0.2, -0.15) is 0 Å². The topological polar surface area (TPSA) is 46.3 Å². The van der Waals surface area contributed by atoms with E-state index in [0.717, 1.165) is 31.2 Å². The molecule has 2 rings (SSSR count). The molecule has 1 amide bonds. The van der Waals surface area contributed by atoms with Crippen LogP contribution in [-0.4, -0.2) is 23.0 Å². The Morgan fingerprint density at radius 3 is 2.63 bits per heavy atom. The predicted molar refractivity (Wildman–Crippen MR) is 78.5 cm³/mol. The van der Waals surface area contributed by atoms with Gasteiger partial charge in [0.15, 0.2) is 0 Å². The number of carbonyl (C=O) groups is 1. The molecule has 0 aliphatic carbocycles. The van der Waals surface area contributed by atoms with E-state index in [1.165, 1.54) is 11.3 Å². The van der Waals surface area contributed by atoms with Crippen LogP contribution in [0.3, 0.4) is 0 Å². The number of halogens is 1. The van der Waals surface area contributed by atoms with Crippen LogP contribution in [0.4, 0.5) is 0 Å². The maximum Gasteiger partial charge on any atom is 0.264 e. The maximum atomic E-state index is 12.3. The molecule has 2 aromatic rings. The van der Waals surface area contributed by atoms with E-state index in [2.05, 4.69) is 21.1 Å². The van der Waals surface area contributed by atoms with Crippen molar-refractivity contribution in [2.75, 3.05) is 7.05 Å². The molecule has 0 fully saturated rings. The summed E-state index contributed by atoms with van der Waals surface area (Å²) < 4.78 is 6.11. The van der Waals surface area contributed by atoms with Gasteiger partial charge in [-0.15, -0.1) is 11.3 Å². The van der Waals surface area contributed by atoms with Crippen LogP contribution in [0.15, 0.2) is 14.4 Å². The SMILES string of the molecule is Cc1cc(C(=O)N(C)Cc2c(C)noc2C)sc1Br. The molecule has 2 aromatic heterocycles.